The van der Waals surface area contributed by atoms with Crippen molar-refractivity contribution < 1.29 is 14.5 Å². The molecule has 3 amide bonds. The Kier molecular flexibility index (Phi) is 5.68. The number of rotatable bonds is 5. The van der Waals surface area contributed by atoms with Crippen LogP contribution in [0.5, 0.6) is 0 Å². The van der Waals surface area contributed by atoms with Crippen molar-refractivity contribution in [3.63, 3.8) is 0 Å². The van der Waals surface area contributed by atoms with E-state index in [1.54, 1.807) is 11.3 Å². The summed E-state index contributed by atoms with van der Waals surface area (Å²) < 4.78 is 1.14. The van der Waals surface area contributed by atoms with Crippen LogP contribution in [0.25, 0.3) is 10.2 Å². The predicted octanol–water partition coefficient (Wildman–Crippen LogP) is 1.11. The first-order valence-corrected chi connectivity index (χ1v) is 8.46. The molecule has 1 unspecified atom stereocenters. The number of benzene rings is 1. The van der Waals surface area contributed by atoms with Gasteiger partial charge in [0.15, 0.2) is 11.6 Å². The first-order valence-electron chi connectivity index (χ1n) is 7.65. The lowest BCUT2D eigenvalue weighted by molar-refractivity contribution is -0.902. The molecule has 6 nitrogen and oxygen atoms in total. The monoisotopic (exact) mass is 335 g/mol. The maximum absolute atomic E-state index is 11.9. The van der Waals surface area contributed by atoms with Gasteiger partial charge in [-0.3, -0.25) is 10.1 Å². The van der Waals surface area contributed by atoms with Gasteiger partial charge in [0.2, 0.25) is 0 Å². The normalized spacial score (nSPS) is 13.8. The summed E-state index contributed by atoms with van der Waals surface area (Å²) in [6.45, 7) is 5.93. The fourth-order valence-corrected chi connectivity index (χ4v) is 3.27. The number of nitrogens with zero attached hydrogens (tertiary/aromatic N) is 1. The maximum atomic E-state index is 11.9. The third kappa shape index (κ3) is 4.74. The number of aromatic nitrogens is 1. The number of thiazole rings is 1. The van der Waals surface area contributed by atoms with Crippen LogP contribution in [0.1, 0.15) is 31.8 Å². The molecule has 0 saturated carbocycles. The number of hydrogen-bond donors (Lipinski definition) is 3. The van der Waals surface area contributed by atoms with Crippen LogP contribution in [0.2, 0.25) is 0 Å². The van der Waals surface area contributed by atoms with Gasteiger partial charge in [0.1, 0.15) is 6.04 Å². The van der Waals surface area contributed by atoms with Gasteiger partial charge >= 0.3 is 6.03 Å². The Balaban J connectivity index is 1.95. The van der Waals surface area contributed by atoms with E-state index in [0.717, 1.165) is 20.1 Å². The predicted molar refractivity (Wildman–Crippen MR) is 91.6 cm³/mol. The van der Waals surface area contributed by atoms with Crippen molar-refractivity contribution in [2.24, 2.45) is 0 Å². The second kappa shape index (κ2) is 7.52. The Morgan fingerprint density at radius 1 is 1.26 bits per heavy atom. The number of para-hydroxylation sites is 1. The zero-order chi connectivity index (χ0) is 17.0. The van der Waals surface area contributed by atoms with Gasteiger partial charge in [-0.2, -0.15) is 0 Å². The lowest BCUT2D eigenvalue weighted by atomic mass is 10.3. The molecule has 0 aliphatic heterocycles. The molecule has 0 saturated heterocycles. The highest BCUT2D eigenvalue weighted by Gasteiger charge is 2.22. The maximum Gasteiger partial charge on any atom is 0.321 e. The van der Waals surface area contributed by atoms with E-state index in [-0.39, 0.29) is 24.5 Å². The molecule has 0 radical (unpaired) electrons. The lowest BCUT2D eigenvalue weighted by Gasteiger charge is -2.19. The van der Waals surface area contributed by atoms with E-state index < -0.39 is 6.03 Å². The topological polar surface area (TPSA) is 75.5 Å². The summed E-state index contributed by atoms with van der Waals surface area (Å²) in [5.41, 5.74) is 0.980. The molecule has 2 aromatic rings. The molecule has 0 spiro atoms. The fourth-order valence-electron chi connectivity index (χ4n) is 2.16. The number of quaternary nitrogens is 1. The molecule has 0 aliphatic rings. The van der Waals surface area contributed by atoms with Gasteiger partial charge in [0, 0.05) is 6.04 Å². The van der Waals surface area contributed by atoms with Crippen LogP contribution in [0.15, 0.2) is 24.3 Å². The van der Waals surface area contributed by atoms with E-state index >= 15 is 0 Å². The number of likely N-dealkylation sites (N-methyl/N-ethyl adjacent to an activating group) is 1. The van der Waals surface area contributed by atoms with Gasteiger partial charge < -0.3 is 10.2 Å². The smallest absolute Gasteiger partial charge is 0.321 e. The van der Waals surface area contributed by atoms with Crippen LogP contribution < -0.4 is 15.5 Å². The van der Waals surface area contributed by atoms with Gasteiger partial charge in [0.05, 0.1) is 17.3 Å². The average molecular weight is 335 g/mol. The standard InChI is InChI=1S/C16H22N4O2S/c1-10(2)17-16(22)19-14(21)9-20(4)11(3)15-18-12-7-5-6-8-13(12)23-15/h5-8,10-11H,9H2,1-4H3,(H2,17,19,21,22)/p+1/t11-/m0/s1. The van der Waals surface area contributed by atoms with Crippen LogP contribution in [0.4, 0.5) is 4.79 Å². The highest BCUT2D eigenvalue weighted by Crippen LogP contribution is 2.24. The Hall–Kier alpha value is -1.99. The fraction of sp³-hybridized carbons (Fsp3) is 0.438. The quantitative estimate of drug-likeness (QED) is 0.766. The van der Waals surface area contributed by atoms with Crippen molar-refractivity contribution in [1.82, 2.24) is 15.6 Å². The minimum absolute atomic E-state index is 0.00505. The lowest BCUT2D eigenvalue weighted by Crippen LogP contribution is -3.10. The Morgan fingerprint density at radius 2 is 1.96 bits per heavy atom. The summed E-state index contributed by atoms with van der Waals surface area (Å²) in [4.78, 5) is 29.1. The van der Waals surface area contributed by atoms with Crippen molar-refractivity contribution in [2.75, 3.05) is 13.6 Å². The Morgan fingerprint density at radius 3 is 2.61 bits per heavy atom. The molecule has 1 aromatic carbocycles. The van der Waals surface area contributed by atoms with Crippen molar-refractivity contribution in [3.8, 4) is 0 Å². The van der Waals surface area contributed by atoms with Crippen molar-refractivity contribution in [2.45, 2.75) is 32.9 Å². The van der Waals surface area contributed by atoms with Crippen molar-refractivity contribution in [1.29, 1.82) is 0 Å². The molecule has 3 N–H and O–H groups in total. The highest BCUT2D eigenvalue weighted by molar-refractivity contribution is 7.18. The number of carbonyl (C=O) groups is 2. The molecule has 124 valence electrons. The summed E-state index contributed by atoms with van der Waals surface area (Å²) in [5, 5.41) is 5.97. The van der Waals surface area contributed by atoms with E-state index in [0.29, 0.717) is 0 Å². The highest BCUT2D eigenvalue weighted by atomic mass is 32.1. The Labute approximate surface area is 139 Å². The summed E-state index contributed by atoms with van der Waals surface area (Å²) in [5.74, 6) is -0.298. The molecule has 0 bridgehead atoms. The van der Waals surface area contributed by atoms with Gasteiger partial charge in [-0.15, -0.1) is 11.3 Å². The minimum Gasteiger partial charge on any atom is -0.336 e. The number of fused-ring (bicyclic) bond motifs is 1. The summed E-state index contributed by atoms with van der Waals surface area (Å²) >= 11 is 1.64. The number of urea groups is 1. The molecule has 1 aromatic heterocycles. The van der Waals surface area contributed by atoms with E-state index in [1.807, 2.05) is 52.1 Å². The second-order valence-corrected chi connectivity index (χ2v) is 7.00. The molecular weight excluding hydrogens is 312 g/mol. The number of carbonyl (C=O) groups excluding carboxylic acids is 2. The number of nitrogens with one attached hydrogen (secondary N) is 3. The molecule has 2 atom stereocenters. The summed E-state index contributed by atoms with van der Waals surface area (Å²) in [6, 6.07) is 7.61. The van der Waals surface area contributed by atoms with Crippen LogP contribution >= 0.6 is 11.3 Å². The van der Waals surface area contributed by atoms with Crippen LogP contribution in [0.3, 0.4) is 0 Å². The van der Waals surface area contributed by atoms with Crippen LogP contribution in [0, 0.1) is 0 Å². The SMILES string of the molecule is CC(C)NC(=O)NC(=O)C[NH+](C)[C@@H](C)c1nc2ccccc2s1. The number of hydrogen-bond acceptors (Lipinski definition) is 4. The third-order valence-corrected chi connectivity index (χ3v) is 4.75. The largest absolute Gasteiger partial charge is 0.336 e. The molecule has 1 heterocycles. The third-order valence-electron chi connectivity index (χ3n) is 3.53. The van der Waals surface area contributed by atoms with Gasteiger partial charge in [-0.25, -0.2) is 9.78 Å². The average Bonchev–Trinajstić information content (AvgIpc) is 2.88. The van der Waals surface area contributed by atoms with E-state index in [2.05, 4.69) is 15.6 Å². The molecule has 0 aliphatic carbocycles. The first-order chi connectivity index (χ1) is 10.9. The van der Waals surface area contributed by atoms with Gasteiger partial charge in [-0.1, -0.05) is 12.1 Å². The van der Waals surface area contributed by atoms with Crippen LogP contribution in [-0.4, -0.2) is 36.6 Å². The summed E-state index contributed by atoms with van der Waals surface area (Å²) in [6.07, 6.45) is 0. The Bertz CT molecular complexity index is 665. The second-order valence-electron chi connectivity index (χ2n) is 5.94. The van der Waals surface area contributed by atoms with E-state index in [1.165, 1.54) is 0 Å². The number of imide groups is 1. The van der Waals surface area contributed by atoms with E-state index in [9.17, 15) is 9.59 Å². The van der Waals surface area contributed by atoms with Crippen LogP contribution in [-0.2, 0) is 4.79 Å². The zero-order valence-corrected chi connectivity index (χ0v) is 14.7. The molecule has 7 heteroatoms. The number of amides is 3. The molecule has 0 fully saturated rings. The molecule has 23 heavy (non-hydrogen) atoms. The van der Waals surface area contributed by atoms with Gasteiger partial charge in [-0.05, 0) is 32.9 Å². The minimum atomic E-state index is -0.453. The first kappa shape index (κ1) is 17.4. The zero-order valence-electron chi connectivity index (χ0n) is 13.8. The summed E-state index contributed by atoms with van der Waals surface area (Å²) in [7, 11) is 1.93. The molecular formula is C16H23N4O2S+. The molecule has 2 rings (SSSR count). The van der Waals surface area contributed by atoms with Crippen molar-refractivity contribution >= 4 is 33.5 Å². The van der Waals surface area contributed by atoms with E-state index in [4.69, 9.17) is 0 Å². The van der Waals surface area contributed by atoms with Gasteiger partial charge in [0.25, 0.3) is 5.91 Å². The van der Waals surface area contributed by atoms with Crippen molar-refractivity contribution in [3.05, 3.63) is 29.3 Å².